The summed E-state index contributed by atoms with van der Waals surface area (Å²) in [5.41, 5.74) is 1.89. The number of hydrogen-bond donors (Lipinski definition) is 0. The summed E-state index contributed by atoms with van der Waals surface area (Å²) in [4.78, 5) is 19.9. The molecule has 25 heavy (non-hydrogen) atoms. The Labute approximate surface area is 149 Å². The summed E-state index contributed by atoms with van der Waals surface area (Å²) in [5.74, 6) is 0.546. The van der Waals surface area contributed by atoms with Gasteiger partial charge in [-0.25, -0.2) is 0 Å². The fourth-order valence-electron chi connectivity index (χ4n) is 3.04. The Morgan fingerprint density at radius 3 is 2.48 bits per heavy atom. The summed E-state index contributed by atoms with van der Waals surface area (Å²) in [5, 5.41) is 3.90. The van der Waals surface area contributed by atoms with Crippen molar-refractivity contribution in [3.63, 3.8) is 0 Å². The second kappa shape index (κ2) is 9.02. The third kappa shape index (κ3) is 5.18. The van der Waals surface area contributed by atoms with Gasteiger partial charge in [-0.05, 0) is 37.0 Å². The Morgan fingerprint density at radius 1 is 1.08 bits per heavy atom. The van der Waals surface area contributed by atoms with Gasteiger partial charge in [0.25, 0.3) is 5.91 Å². The minimum absolute atomic E-state index is 0.0881. The zero-order chi connectivity index (χ0) is 17.3. The van der Waals surface area contributed by atoms with Gasteiger partial charge in [0.05, 0.1) is 0 Å². The molecule has 0 saturated carbocycles. The molecule has 4 nitrogen and oxygen atoms in total. The minimum Gasteiger partial charge on any atom is -0.396 e. The molecule has 0 aliphatic carbocycles. The normalized spacial score (nSPS) is 16.2. The van der Waals surface area contributed by atoms with E-state index in [4.69, 9.17) is 4.84 Å². The van der Waals surface area contributed by atoms with Crippen LogP contribution in [0.3, 0.4) is 0 Å². The second-order valence-electron chi connectivity index (χ2n) is 6.36. The fourth-order valence-corrected chi connectivity index (χ4v) is 3.04. The average molecular weight is 336 g/mol. The summed E-state index contributed by atoms with van der Waals surface area (Å²) in [7, 11) is 0. The van der Waals surface area contributed by atoms with Crippen LogP contribution in [0.25, 0.3) is 0 Å². The highest BCUT2D eigenvalue weighted by Gasteiger charge is 2.17. The van der Waals surface area contributed by atoms with Gasteiger partial charge in [-0.1, -0.05) is 53.7 Å². The highest BCUT2D eigenvalue weighted by atomic mass is 16.6. The Balaban J connectivity index is 1.64. The molecule has 0 fully saturated rings. The maximum Gasteiger partial charge on any atom is 0.254 e. The van der Waals surface area contributed by atoms with Crippen LogP contribution in [-0.2, 0) is 11.4 Å². The van der Waals surface area contributed by atoms with E-state index in [2.05, 4.69) is 17.3 Å². The van der Waals surface area contributed by atoms with Crippen LogP contribution in [0.1, 0.15) is 35.2 Å². The van der Waals surface area contributed by atoms with E-state index in [0.717, 1.165) is 36.9 Å². The van der Waals surface area contributed by atoms with Crippen molar-refractivity contribution in [2.75, 3.05) is 13.2 Å². The Morgan fingerprint density at radius 2 is 1.80 bits per heavy atom. The van der Waals surface area contributed by atoms with E-state index >= 15 is 0 Å². The van der Waals surface area contributed by atoms with Crippen LogP contribution >= 0.6 is 0 Å². The average Bonchev–Trinajstić information content (AvgIpc) is 2.69. The van der Waals surface area contributed by atoms with Crippen LogP contribution in [0.5, 0.6) is 0 Å². The molecule has 0 N–H and O–H groups in total. The summed E-state index contributed by atoms with van der Waals surface area (Å²) in [6.07, 6.45) is 4.89. The van der Waals surface area contributed by atoms with Crippen molar-refractivity contribution in [2.45, 2.75) is 25.8 Å². The minimum atomic E-state index is 0.0881. The van der Waals surface area contributed by atoms with E-state index < -0.39 is 0 Å². The molecule has 0 radical (unpaired) electrons. The molecule has 1 aliphatic rings. The van der Waals surface area contributed by atoms with E-state index in [9.17, 15) is 4.79 Å². The highest BCUT2D eigenvalue weighted by Crippen LogP contribution is 2.16. The van der Waals surface area contributed by atoms with Gasteiger partial charge in [-0.3, -0.25) is 4.79 Å². The lowest BCUT2D eigenvalue weighted by molar-refractivity contribution is 0.0735. The number of hydrogen-bond acceptors (Lipinski definition) is 3. The van der Waals surface area contributed by atoms with Crippen LogP contribution in [0, 0.1) is 5.92 Å². The number of benzene rings is 2. The van der Waals surface area contributed by atoms with Crippen LogP contribution < -0.4 is 0 Å². The van der Waals surface area contributed by atoms with Gasteiger partial charge < -0.3 is 9.74 Å². The topological polar surface area (TPSA) is 41.9 Å². The SMILES string of the molecule is O=C(c1ccccc1)N(CCCC1C=NOCC1)Cc1ccccc1. The molecule has 0 spiro atoms. The van der Waals surface area contributed by atoms with Gasteiger partial charge >= 0.3 is 0 Å². The molecule has 1 heterocycles. The second-order valence-corrected chi connectivity index (χ2v) is 6.36. The van der Waals surface area contributed by atoms with Gasteiger partial charge in [0.2, 0.25) is 0 Å². The molecule has 4 heteroatoms. The van der Waals surface area contributed by atoms with E-state index in [1.54, 1.807) is 0 Å². The Kier molecular flexibility index (Phi) is 6.21. The van der Waals surface area contributed by atoms with E-state index in [-0.39, 0.29) is 5.91 Å². The third-order valence-corrected chi connectivity index (χ3v) is 4.45. The highest BCUT2D eigenvalue weighted by molar-refractivity contribution is 5.94. The number of rotatable bonds is 7. The van der Waals surface area contributed by atoms with Crippen LogP contribution in [0.15, 0.2) is 65.8 Å². The molecule has 1 amide bonds. The first-order valence-electron chi connectivity index (χ1n) is 8.86. The van der Waals surface area contributed by atoms with Crippen LogP contribution in [0.4, 0.5) is 0 Å². The molecule has 130 valence electrons. The predicted molar refractivity (Wildman–Crippen MR) is 99.4 cm³/mol. The molecule has 1 unspecified atom stereocenters. The van der Waals surface area contributed by atoms with Crippen molar-refractivity contribution in [2.24, 2.45) is 11.1 Å². The summed E-state index contributed by atoms with van der Waals surface area (Å²) in [6.45, 7) is 2.07. The first kappa shape index (κ1) is 17.2. The maximum absolute atomic E-state index is 12.9. The van der Waals surface area contributed by atoms with Crippen molar-refractivity contribution in [1.29, 1.82) is 0 Å². The van der Waals surface area contributed by atoms with Gasteiger partial charge in [-0.15, -0.1) is 0 Å². The lowest BCUT2D eigenvalue weighted by atomic mass is 10.0. The van der Waals surface area contributed by atoms with Crippen molar-refractivity contribution < 1.29 is 9.63 Å². The zero-order valence-electron chi connectivity index (χ0n) is 14.4. The number of amides is 1. The molecule has 2 aromatic carbocycles. The van der Waals surface area contributed by atoms with Crippen molar-refractivity contribution in [3.05, 3.63) is 71.8 Å². The van der Waals surface area contributed by atoms with Crippen molar-refractivity contribution >= 4 is 12.1 Å². The molecular formula is C21H24N2O2. The molecule has 2 aromatic rings. The van der Waals surface area contributed by atoms with Gasteiger partial charge in [0, 0.05) is 30.8 Å². The quantitative estimate of drug-likeness (QED) is 0.763. The third-order valence-electron chi connectivity index (χ3n) is 4.45. The first-order valence-corrected chi connectivity index (χ1v) is 8.86. The van der Waals surface area contributed by atoms with E-state index in [1.807, 2.05) is 59.6 Å². The largest absolute Gasteiger partial charge is 0.396 e. The maximum atomic E-state index is 12.9. The summed E-state index contributed by atoms with van der Waals surface area (Å²) >= 11 is 0. The number of carbonyl (C=O) groups is 1. The molecule has 3 rings (SSSR count). The zero-order valence-corrected chi connectivity index (χ0v) is 14.4. The lowest BCUT2D eigenvalue weighted by Crippen LogP contribution is -2.32. The van der Waals surface area contributed by atoms with Crippen LogP contribution in [0.2, 0.25) is 0 Å². The van der Waals surface area contributed by atoms with E-state index in [1.165, 1.54) is 0 Å². The molecule has 0 saturated heterocycles. The van der Waals surface area contributed by atoms with Gasteiger partial charge in [-0.2, -0.15) is 0 Å². The van der Waals surface area contributed by atoms with Crippen molar-refractivity contribution in [3.8, 4) is 0 Å². The Hall–Kier alpha value is -2.62. The Bertz CT molecular complexity index is 686. The molecule has 0 bridgehead atoms. The summed E-state index contributed by atoms with van der Waals surface area (Å²) in [6, 6.07) is 19.7. The van der Waals surface area contributed by atoms with Crippen LogP contribution in [-0.4, -0.2) is 30.2 Å². The summed E-state index contributed by atoms with van der Waals surface area (Å²) < 4.78 is 0. The lowest BCUT2D eigenvalue weighted by Gasteiger charge is -2.24. The number of nitrogens with zero attached hydrogens (tertiary/aromatic N) is 2. The van der Waals surface area contributed by atoms with Gasteiger partial charge in [0.1, 0.15) is 6.61 Å². The fraction of sp³-hybridized carbons (Fsp3) is 0.333. The molecular weight excluding hydrogens is 312 g/mol. The monoisotopic (exact) mass is 336 g/mol. The number of oxime groups is 1. The number of carbonyl (C=O) groups excluding carboxylic acids is 1. The smallest absolute Gasteiger partial charge is 0.254 e. The molecule has 1 aliphatic heterocycles. The first-order chi connectivity index (χ1) is 12.3. The molecule has 0 aromatic heterocycles. The predicted octanol–water partition coefficient (Wildman–Crippen LogP) is 4.13. The van der Waals surface area contributed by atoms with Crippen molar-refractivity contribution in [1.82, 2.24) is 4.90 Å². The van der Waals surface area contributed by atoms with Gasteiger partial charge in [0.15, 0.2) is 0 Å². The molecule has 1 atom stereocenters. The standard InChI is InChI=1S/C21H24N2O2/c24-21(20-11-5-2-6-12-20)23(17-19-8-3-1-4-9-19)14-7-10-18-13-15-25-22-16-18/h1-6,8-9,11-12,16,18H,7,10,13-15,17H2. The van der Waals surface area contributed by atoms with E-state index in [0.29, 0.717) is 19.1 Å².